The zero-order valence-corrected chi connectivity index (χ0v) is 20.2. The number of carbonyl (C=O) groups excluding carboxylic acids is 1. The van der Waals surface area contributed by atoms with Gasteiger partial charge >= 0.3 is 0 Å². The highest BCUT2D eigenvalue weighted by Gasteiger charge is 2.59. The van der Waals surface area contributed by atoms with Crippen LogP contribution in [0.25, 0.3) is 11.3 Å². The number of sulfonamides is 1. The van der Waals surface area contributed by atoms with E-state index in [0.717, 1.165) is 11.3 Å². The number of nitrogens with zero attached hydrogens (tertiary/aromatic N) is 4. The lowest BCUT2D eigenvalue weighted by molar-refractivity contribution is -0.116. The number of ether oxygens (including phenoxy) is 1. The largest absolute Gasteiger partial charge is 0.477 e. The molecule has 0 spiro atoms. The standard InChI is InChI=1S/C23H27N7O4S/c1-3-17(18-9-12-26-22(29-18)30-21(31)23(10-11-23)35(24,32)33)27-16-7-5-15(6-8-16)19-13-25-14-20(28-19)34-4-2/h5-9,12-14,17,27H,3-4,10-11H2,1-2H3,(H2,24,32,33)(H,26,29,30,31). The van der Waals surface area contributed by atoms with Gasteiger partial charge in [-0.05, 0) is 44.4 Å². The Morgan fingerprint density at radius 1 is 1.14 bits per heavy atom. The van der Waals surface area contributed by atoms with Crippen LogP contribution < -0.4 is 20.5 Å². The van der Waals surface area contributed by atoms with Crippen LogP contribution >= 0.6 is 0 Å². The summed E-state index contributed by atoms with van der Waals surface area (Å²) in [6.45, 7) is 4.41. The molecule has 11 nitrogen and oxygen atoms in total. The molecule has 35 heavy (non-hydrogen) atoms. The van der Waals surface area contributed by atoms with Crippen LogP contribution in [0.1, 0.15) is 44.8 Å². The Hall–Kier alpha value is -3.64. The summed E-state index contributed by atoms with van der Waals surface area (Å²) in [4.78, 5) is 29.6. The highest BCUT2D eigenvalue weighted by Crippen LogP contribution is 2.42. The van der Waals surface area contributed by atoms with Gasteiger partial charge in [-0.1, -0.05) is 19.1 Å². The Morgan fingerprint density at radius 2 is 1.89 bits per heavy atom. The number of benzene rings is 1. The van der Waals surface area contributed by atoms with Gasteiger partial charge < -0.3 is 10.1 Å². The van der Waals surface area contributed by atoms with Gasteiger partial charge in [0.15, 0.2) is 4.75 Å². The number of primary sulfonamides is 1. The molecule has 0 bridgehead atoms. The van der Waals surface area contributed by atoms with E-state index < -0.39 is 20.7 Å². The molecule has 12 heteroatoms. The molecule has 184 valence electrons. The van der Waals surface area contributed by atoms with Crippen molar-refractivity contribution in [3.63, 3.8) is 0 Å². The molecule has 2 heterocycles. The van der Waals surface area contributed by atoms with E-state index in [1.54, 1.807) is 18.5 Å². The van der Waals surface area contributed by atoms with E-state index in [1.807, 2.05) is 38.1 Å². The molecule has 1 aliphatic carbocycles. The number of anilines is 2. The van der Waals surface area contributed by atoms with Crippen LogP contribution in [0.4, 0.5) is 11.6 Å². The molecular weight excluding hydrogens is 470 g/mol. The lowest BCUT2D eigenvalue weighted by atomic mass is 10.1. The first-order valence-electron chi connectivity index (χ1n) is 11.2. The average Bonchev–Trinajstić information content (AvgIpc) is 3.66. The summed E-state index contributed by atoms with van der Waals surface area (Å²) in [6, 6.07) is 9.30. The number of hydrogen-bond acceptors (Lipinski definition) is 9. The summed E-state index contributed by atoms with van der Waals surface area (Å²) >= 11 is 0. The van der Waals surface area contributed by atoms with E-state index >= 15 is 0 Å². The number of aromatic nitrogens is 4. The third kappa shape index (κ3) is 5.38. The maximum atomic E-state index is 12.5. The fourth-order valence-electron chi connectivity index (χ4n) is 3.62. The Labute approximate surface area is 203 Å². The summed E-state index contributed by atoms with van der Waals surface area (Å²) in [5, 5.41) is 11.2. The Balaban J connectivity index is 1.46. The van der Waals surface area contributed by atoms with Crippen LogP contribution in [0.2, 0.25) is 0 Å². The lowest BCUT2D eigenvalue weighted by Gasteiger charge is -2.19. The summed E-state index contributed by atoms with van der Waals surface area (Å²) < 4.78 is 27.4. The molecule has 1 unspecified atom stereocenters. The van der Waals surface area contributed by atoms with Crippen molar-refractivity contribution in [3.8, 4) is 17.1 Å². The average molecular weight is 498 g/mol. The van der Waals surface area contributed by atoms with Crippen molar-refractivity contribution < 1.29 is 17.9 Å². The molecule has 3 aromatic rings. The molecule has 1 aliphatic rings. The van der Waals surface area contributed by atoms with Crippen molar-refractivity contribution in [2.45, 2.75) is 43.9 Å². The number of nitrogens with one attached hydrogen (secondary N) is 2. The molecular formula is C23H27N7O4S. The van der Waals surface area contributed by atoms with E-state index in [2.05, 4.69) is 30.6 Å². The minimum Gasteiger partial charge on any atom is -0.477 e. The number of carbonyl (C=O) groups is 1. The van der Waals surface area contributed by atoms with Crippen LogP contribution in [-0.2, 0) is 14.8 Å². The van der Waals surface area contributed by atoms with Crippen LogP contribution in [0.15, 0.2) is 48.9 Å². The molecule has 0 aliphatic heterocycles. The van der Waals surface area contributed by atoms with Gasteiger partial charge in [0.1, 0.15) is 0 Å². The quantitative estimate of drug-likeness (QED) is 0.382. The monoisotopic (exact) mass is 497 g/mol. The van der Waals surface area contributed by atoms with Gasteiger partial charge in [0, 0.05) is 17.4 Å². The van der Waals surface area contributed by atoms with Crippen molar-refractivity contribution in [2.75, 3.05) is 17.2 Å². The van der Waals surface area contributed by atoms with Crippen LogP contribution in [0.3, 0.4) is 0 Å². The van der Waals surface area contributed by atoms with Gasteiger partial charge in [0.25, 0.3) is 0 Å². The fraction of sp³-hybridized carbons (Fsp3) is 0.348. The Kier molecular flexibility index (Phi) is 6.94. The van der Waals surface area contributed by atoms with E-state index in [0.29, 0.717) is 30.3 Å². The zero-order valence-electron chi connectivity index (χ0n) is 19.4. The molecule has 1 saturated carbocycles. The predicted molar refractivity (Wildman–Crippen MR) is 131 cm³/mol. The van der Waals surface area contributed by atoms with E-state index in [4.69, 9.17) is 9.88 Å². The van der Waals surface area contributed by atoms with E-state index in [1.165, 1.54) is 6.20 Å². The molecule has 4 rings (SSSR count). The number of amides is 1. The first-order chi connectivity index (χ1) is 16.8. The topological polar surface area (TPSA) is 162 Å². The third-order valence-corrected chi connectivity index (χ3v) is 7.44. The minimum atomic E-state index is -4.01. The molecule has 1 aromatic carbocycles. The minimum absolute atomic E-state index is 0.0331. The summed E-state index contributed by atoms with van der Waals surface area (Å²) in [5.41, 5.74) is 3.12. The first-order valence-corrected chi connectivity index (χ1v) is 12.8. The lowest BCUT2D eigenvalue weighted by Crippen LogP contribution is -2.41. The normalized spacial score (nSPS) is 15.2. The number of hydrogen-bond donors (Lipinski definition) is 3. The van der Waals surface area contributed by atoms with Crippen molar-refractivity contribution in [1.29, 1.82) is 0 Å². The molecule has 0 radical (unpaired) electrons. The van der Waals surface area contributed by atoms with Crippen LogP contribution in [0.5, 0.6) is 5.88 Å². The van der Waals surface area contributed by atoms with E-state index in [-0.39, 0.29) is 24.8 Å². The van der Waals surface area contributed by atoms with Gasteiger partial charge in [-0.15, -0.1) is 0 Å². The second-order valence-electron chi connectivity index (χ2n) is 8.16. The second-order valence-corrected chi connectivity index (χ2v) is 10.0. The van der Waals surface area contributed by atoms with Gasteiger partial charge in [-0.3, -0.25) is 15.1 Å². The predicted octanol–water partition coefficient (Wildman–Crippen LogP) is 2.66. The van der Waals surface area contributed by atoms with Crippen molar-refractivity contribution >= 4 is 27.6 Å². The highest BCUT2D eigenvalue weighted by molar-refractivity contribution is 7.91. The van der Waals surface area contributed by atoms with Crippen molar-refractivity contribution in [1.82, 2.24) is 19.9 Å². The van der Waals surface area contributed by atoms with Gasteiger partial charge in [-0.2, -0.15) is 0 Å². The summed E-state index contributed by atoms with van der Waals surface area (Å²) in [5.74, 6) is -0.197. The first kappa shape index (κ1) is 24.5. The number of rotatable bonds is 10. The van der Waals surface area contributed by atoms with Crippen molar-refractivity contribution in [3.05, 3.63) is 54.6 Å². The maximum Gasteiger partial charge on any atom is 0.249 e. The summed E-state index contributed by atoms with van der Waals surface area (Å²) in [7, 11) is -4.01. The highest BCUT2D eigenvalue weighted by atomic mass is 32.2. The molecule has 1 amide bonds. The van der Waals surface area contributed by atoms with Gasteiger partial charge in [0.2, 0.25) is 27.8 Å². The van der Waals surface area contributed by atoms with Gasteiger partial charge in [-0.25, -0.2) is 28.5 Å². The molecule has 1 fully saturated rings. The molecule has 1 atom stereocenters. The van der Waals surface area contributed by atoms with Crippen LogP contribution in [-0.4, -0.2) is 45.6 Å². The molecule has 2 aromatic heterocycles. The smallest absolute Gasteiger partial charge is 0.249 e. The second kappa shape index (κ2) is 9.92. The Morgan fingerprint density at radius 3 is 2.51 bits per heavy atom. The third-order valence-electron chi connectivity index (χ3n) is 5.76. The van der Waals surface area contributed by atoms with Gasteiger partial charge in [0.05, 0.1) is 36.4 Å². The number of nitrogens with two attached hydrogens (primary N) is 1. The van der Waals surface area contributed by atoms with Crippen LogP contribution in [0, 0.1) is 0 Å². The molecule has 0 saturated heterocycles. The van der Waals surface area contributed by atoms with E-state index in [9.17, 15) is 13.2 Å². The SMILES string of the molecule is CCOc1cncc(-c2ccc(NC(CC)c3ccnc(NC(=O)C4(S(N)(=O)=O)CC4)n3)cc2)n1. The Bertz CT molecular complexity index is 1310. The zero-order chi connectivity index (χ0) is 25.1. The van der Waals surface area contributed by atoms with Crippen molar-refractivity contribution in [2.24, 2.45) is 5.14 Å². The fourth-order valence-corrected chi connectivity index (χ4v) is 4.61. The maximum absolute atomic E-state index is 12.5. The summed E-state index contributed by atoms with van der Waals surface area (Å²) in [6.07, 6.45) is 5.86. The molecule has 4 N–H and O–H groups in total.